The minimum atomic E-state index is -0.825. The van der Waals surface area contributed by atoms with Gasteiger partial charge in [-0.05, 0) is 73.9 Å². The van der Waals surface area contributed by atoms with Crippen LogP contribution >= 0.6 is 11.3 Å². The molecule has 19 heteroatoms. The molecule has 76 heavy (non-hydrogen) atoms. The Hall–Kier alpha value is -6.67. The third kappa shape index (κ3) is 11.2. The fraction of sp³-hybridized carbons (Fsp3) is 0.491. The van der Waals surface area contributed by atoms with Gasteiger partial charge in [0.05, 0.1) is 51.8 Å². The van der Waals surface area contributed by atoms with E-state index in [-0.39, 0.29) is 55.1 Å². The SMILES string of the molecule is Cc1ncsc1-c1ccc([C@H](C)NC(=O)[C@@H]2C[C@@H](O)CN2C(=O)[C@@H](c2cc(OCCN3CCC(OC4CC(Oc5cc(N6C7CCC6CN(c6cc(-c8ccccc8)nnc6N)C7)ccn5)C4)CC3)no2)C(C)C)cc1. The zero-order chi connectivity index (χ0) is 52.5. The number of likely N-dealkylation sites (tertiary alicyclic amines) is 2. The lowest BCUT2D eigenvalue weighted by Gasteiger charge is -2.43. The molecule has 4 aromatic heterocycles. The van der Waals surface area contributed by atoms with Gasteiger partial charge in [-0.1, -0.05) is 68.4 Å². The van der Waals surface area contributed by atoms with Gasteiger partial charge in [0.1, 0.15) is 24.7 Å². The van der Waals surface area contributed by atoms with Crippen LogP contribution in [0, 0.1) is 12.8 Å². The van der Waals surface area contributed by atoms with Gasteiger partial charge >= 0.3 is 0 Å². The Kier molecular flexibility index (Phi) is 15.2. The van der Waals surface area contributed by atoms with E-state index in [2.05, 4.69) is 63.5 Å². The van der Waals surface area contributed by atoms with E-state index in [0.29, 0.717) is 48.6 Å². The Bertz CT molecular complexity index is 2930. The van der Waals surface area contributed by atoms with Crippen LogP contribution < -0.4 is 30.3 Å². The number of aromatic nitrogens is 5. The zero-order valence-electron chi connectivity index (χ0n) is 43.7. The highest BCUT2D eigenvalue weighted by molar-refractivity contribution is 7.13. The number of nitrogens with two attached hydrogens (primary N) is 1. The summed E-state index contributed by atoms with van der Waals surface area (Å²) in [7, 11) is 0. The molecule has 1 saturated carbocycles. The Morgan fingerprint density at radius 3 is 2.34 bits per heavy atom. The molecule has 0 spiro atoms. The van der Waals surface area contributed by atoms with E-state index in [1.807, 2.05) is 94.0 Å². The summed E-state index contributed by atoms with van der Waals surface area (Å²) in [5, 5.41) is 26.7. The minimum absolute atomic E-state index is 0.0569. The van der Waals surface area contributed by atoms with Gasteiger partial charge in [-0.15, -0.1) is 21.5 Å². The molecule has 5 aliphatic rings. The van der Waals surface area contributed by atoms with Crippen LogP contribution in [0.25, 0.3) is 21.7 Å². The van der Waals surface area contributed by atoms with E-state index in [1.54, 1.807) is 17.4 Å². The maximum Gasteiger partial charge on any atom is 0.254 e. The van der Waals surface area contributed by atoms with Gasteiger partial charge in [-0.2, -0.15) is 0 Å². The van der Waals surface area contributed by atoms with Crippen molar-refractivity contribution in [3.8, 4) is 33.5 Å². The number of anilines is 3. The van der Waals surface area contributed by atoms with Crippen molar-refractivity contribution in [3.05, 3.63) is 108 Å². The number of pyridine rings is 1. The van der Waals surface area contributed by atoms with Crippen molar-refractivity contribution in [2.75, 3.05) is 61.4 Å². The average molecular weight is 1050 g/mol. The summed E-state index contributed by atoms with van der Waals surface area (Å²) >= 11 is 1.59. The van der Waals surface area contributed by atoms with Crippen molar-refractivity contribution in [1.29, 1.82) is 0 Å². The second-order valence-electron chi connectivity index (χ2n) is 21.6. The quantitative estimate of drug-likeness (QED) is 0.0763. The van der Waals surface area contributed by atoms with E-state index in [4.69, 9.17) is 24.5 Å². The number of carbonyl (C=O) groups excluding carboxylic acids is 2. The number of nitrogens with one attached hydrogen (secondary N) is 1. The summed E-state index contributed by atoms with van der Waals surface area (Å²) in [6.07, 6.45) is 7.44. The average Bonchev–Trinajstić information content (AvgIpc) is 4.22. The number of thiazole rings is 1. The molecule has 1 aliphatic carbocycles. The highest BCUT2D eigenvalue weighted by Crippen LogP contribution is 2.40. The maximum atomic E-state index is 14.2. The van der Waals surface area contributed by atoms with E-state index in [1.165, 1.54) is 4.90 Å². The molecule has 5 fully saturated rings. The normalized spacial score (nSPS) is 23.6. The molecular weight excluding hydrogens is 983 g/mol. The molecule has 2 aromatic carbocycles. The second-order valence-corrected chi connectivity index (χ2v) is 22.4. The molecule has 6 atom stereocenters. The van der Waals surface area contributed by atoms with Crippen molar-refractivity contribution in [2.24, 2.45) is 5.92 Å². The number of fused-ring (bicyclic) bond motifs is 2. The molecule has 2 bridgehead atoms. The van der Waals surface area contributed by atoms with Crippen LogP contribution in [-0.2, 0) is 14.3 Å². The third-order valence-corrected chi connectivity index (χ3v) is 17.0. The summed E-state index contributed by atoms with van der Waals surface area (Å²) in [6.45, 7) is 12.5. The lowest BCUT2D eigenvalue weighted by molar-refractivity contribution is -0.141. The van der Waals surface area contributed by atoms with E-state index in [9.17, 15) is 14.7 Å². The standard InChI is InChI=1S/C57H69N11O7S/c1-34(2)53(57(71)67-32-43(69)25-49(67)56(70)61-35(3)37-10-12-39(13-11-37)54-36(4)60-33-76-54)50-29-52(64-75-50)72-23-22-65-20-17-44(18-21-65)73-45-26-46(27-45)74-51-24-40(16-19-59-51)68-41-14-15-42(68)31-66(30-41)48-28-47(62-63-55(48)58)38-8-6-5-7-9-38/h5-13,16,19,24,28-29,33-35,41-46,49,53,69H,14-15,17-18,20-23,25-27,30-32H2,1-4H3,(H2,58,63)(H,61,70)/t35-,41?,42?,43+,45?,46?,49-,53+/m0/s1. The van der Waals surface area contributed by atoms with Gasteiger partial charge in [0, 0.05) is 100 Å². The van der Waals surface area contributed by atoms with Crippen LogP contribution in [-0.4, -0.2) is 140 Å². The monoisotopic (exact) mass is 1050 g/mol. The molecule has 0 radical (unpaired) electrons. The van der Waals surface area contributed by atoms with Crippen molar-refractivity contribution in [3.63, 3.8) is 0 Å². The molecule has 4 aliphatic heterocycles. The van der Waals surface area contributed by atoms with Crippen LogP contribution in [0.3, 0.4) is 0 Å². The lowest BCUT2D eigenvalue weighted by atomic mass is 9.91. The molecule has 6 aromatic rings. The van der Waals surface area contributed by atoms with Gasteiger partial charge in [-0.3, -0.25) is 14.5 Å². The number of ether oxygens (including phenoxy) is 3. The molecular formula is C57H69N11O7S. The van der Waals surface area contributed by atoms with Crippen LogP contribution in [0.2, 0.25) is 0 Å². The number of aliphatic hydroxyl groups excluding tert-OH is 1. The summed E-state index contributed by atoms with van der Waals surface area (Å²) in [6, 6.07) is 25.7. The zero-order valence-corrected chi connectivity index (χ0v) is 44.6. The van der Waals surface area contributed by atoms with E-state index >= 15 is 0 Å². The summed E-state index contributed by atoms with van der Waals surface area (Å²) in [5.74, 6) is 0.313. The van der Waals surface area contributed by atoms with E-state index < -0.39 is 18.1 Å². The number of amides is 2. The second kappa shape index (κ2) is 22.5. The Balaban J connectivity index is 0.600. The van der Waals surface area contributed by atoms with Crippen LogP contribution in [0.5, 0.6) is 11.8 Å². The Morgan fingerprint density at radius 1 is 0.855 bits per heavy atom. The number of hydrogen-bond acceptors (Lipinski definition) is 17. The van der Waals surface area contributed by atoms with Crippen molar-refractivity contribution in [2.45, 2.75) is 127 Å². The number of carbonyl (C=O) groups is 2. The number of nitrogens with zero attached hydrogens (tertiary/aromatic N) is 9. The van der Waals surface area contributed by atoms with Crippen molar-refractivity contribution < 1.29 is 33.4 Å². The molecule has 400 valence electrons. The largest absolute Gasteiger partial charge is 0.474 e. The predicted molar refractivity (Wildman–Crippen MR) is 290 cm³/mol. The maximum absolute atomic E-state index is 14.2. The van der Waals surface area contributed by atoms with Crippen LogP contribution in [0.1, 0.15) is 94.7 Å². The number of piperazine rings is 1. The number of hydrogen-bond donors (Lipinski definition) is 3. The first kappa shape index (κ1) is 51.4. The Morgan fingerprint density at radius 2 is 1.62 bits per heavy atom. The first-order valence-corrected chi connectivity index (χ1v) is 27.9. The number of aryl methyl sites for hydroxylation is 1. The van der Waals surface area contributed by atoms with Gasteiger partial charge in [0.25, 0.3) is 5.88 Å². The molecule has 18 nitrogen and oxygen atoms in total. The minimum Gasteiger partial charge on any atom is -0.474 e. The highest BCUT2D eigenvalue weighted by atomic mass is 32.1. The predicted octanol–water partition coefficient (Wildman–Crippen LogP) is 7.45. The number of piperidine rings is 1. The first-order valence-electron chi connectivity index (χ1n) is 27.0. The van der Waals surface area contributed by atoms with Crippen molar-refractivity contribution in [1.82, 2.24) is 40.4 Å². The van der Waals surface area contributed by atoms with Gasteiger partial charge < -0.3 is 49.6 Å². The summed E-state index contributed by atoms with van der Waals surface area (Å²) < 4.78 is 24.8. The molecule has 11 rings (SSSR count). The van der Waals surface area contributed by atoms with Gasteiger partial charge in [0.2, 0.25) is 17.7 Å². The Labute approximate surface area is 447 Å². The summed E-state index contributed by atoms with van der Waals surface area (Å²) in [5.41, 5.74) is 15.2. The van der Waals surface area contributed by atoms with Crippen LogP contribution in [0.4, 0.5) is 17.2 Å². The topological polar surface area (TPSA) is 211 Å². The first-order chi connectivity index (χ1) is 36.9. The number of rotatable bonds is 18. The summed E-state index contributed by atoms with van der Waals surface area (Å²) in [4.78, 5) is 46.9. The molecule has 4 N–H and O–H groups in total. The van der Waals surface area contributed by atoms with Gasteiger partial charge in [0.15, 0.2) is 11.6 Å². The smallest absolute Gasteiger partial charge is 0.254 e. The fourth-order valence-corrected chi connectivity index (χ4v) is 12.7. The molecule has 4 saturated heterocycles. The van der Waals surface area contributed by atoms with Gasteiger partial charge in [-0.25, -0.2) is 9.97 Å². The van der Waals surface area contributed by atoms with E-state index in [0.717, 1.165) is 109 Å². The lowest BCUT2D eigenvalue weighted by Crippen LogP contribution is -2.54. The molecule has 2 amide bonds. The highest BCUT2D eigenvalue weighted by Gasteiger charge is 2.44. The molecule has 8 heterocycles. The number of aliphatic hydroxyl groups is 1. The molecule has 2 unspecified atom stereocenters. The number of nitrogen functional groups attached to an aromatic ring is 1. The fourth-order valence-electron chi connectivity index (χ4n) is 11.9. The van der Waals surface area contributed by atoms with Crippen LogP contribution in [0.15, 0.2) is 95.1 Å². The van der Waals surface area contributed by atoms with Crippen molar-refractivity contribution >= 4 is 40.3 Å². The third-order valence-electron chi connectivity index (χ3n) is 16.0. The number of β-amino-alcohol motifs (C(OH)–C–C–N with tert-alkyl or cyclic N) is 1. The number of benzene rings is 2.